The Labute approximate surface area is 77.4 Å². The molecule has 0 aromatic heterocycles. The number of amides is 1. The average molecular weight is 179 g/mol. The average Bonchev–Trinajstić information content (AvgIpc) is 2.12. The van der Waals surface area contributed by atoms with Crippen LogP contribution in [0.5, 0.6) is 5.75 Å². The van der Waals surface area contributed by atoms with E-state index in [1.165, 1.54) is 0 Å². The SMILES string of the molecule is CNC(=O)c1c(C)ccc(C)c1O. The molecule has 3 nitrogen and oxygen atoms in total. The highest BCUT2D eigenvalue weighted by Gasteiger charge is 2.13. The summed E-state index contributed by atoms with van der Waals surface area (Å²) >= 11 is 0. The second-order valence-electron chi connectivity index (χ2n) is 3.00. The van der Waals surface area contributed by atoms with E-state index in [1.54, 1.807) is 27.0 Å². The van der Waals surface area contributed by atoms with Crippen LogP contribution in [-0.2, 0) is 0 Å². The number of aromatic hydroxyl groups is 1. The molecule has 3 heteroatoms. The lowest BCUT2D eigenvalue weighted by atomic mass is 10.0. The summed E-state index contributed by atoms with van der Waals surface area (Å²) in [6.45, 7) is 3.56. The number of phenols is 1. The number of hydrogen-bond acceptors (Lipinski definition) is 2. The van der Waals surface area contributed by atoms with Crippen LogP contribution in [-0.4, -0.2) is 18.1 Å². The zero-order valence-electron chi connectivity index (χ0n) is 8.01. The summed E-state index contributed by atoms with van der Waals surface area (Å²) in [4.78, 5) is 11.3. The molecule has 0 bridgehead atoms. The summed E-state index contributed by atoms with van der Waals surface area (Å²) in [6.07, 6.45) is 0. The van der Waals surface area contributed by atoms with Crippen LogP contribution in [0.25, 0.3) is 0 Å². The van der Waals surface area contributed by atoms with E-state index < -0.39 is 0 Å². The van der Waals surface area contributed by atoms with Gasteiger partial charge in [0.15, 0.2) is 0 Å². The molecule has 1 amide bonds. The van der Waals surface area contributed by atoms with Crippen molar-refractivity contribution in [3.05, 3.63) is 28.8 Å². The molecule has 0 saturated heterocycles. The number of rotatable bonds is 1. The minimum Gasteiger partial charge on any atom is -0.507 e. The molecule has 2 N–H and O–H groups in total. The van der Waals surface area contributed by atoms with Crippen molar-refractivity contribution in [3.8, 4) is 5.75 Å². The zero-order valence-corrected chi connectivity index (χ0v) is 8.01. The fourth-order valence-electron chi connectivity index (χ4n) is 1.21. The van der Waals surface area contributed by atoms with Crippen LogP contribution in [0.2, 0.25) is 0 Å². The van der Waals surface area contributed by atoms with Crippen LogP contribution in [0, 0.1) is 13.8 Å². The quantitative estimate of drug-likeness (QED) is 0.684. The number of carbonyl (C=O) groups excluding carboxylic acids is 1. The van der Waals surface area contributed by atoms with Gasteiger partial charge in [0.1, 0.15) is 5.75 Å². The first-order chi connectivity index (χ1) is 6.07. The molecule has 70 valence electrons. The van der Waals surface area contributed by atoms with E-state index in [0.29, 0.717) is 11.1 Å². The maximum atomic E-state index is 11.3. The summed E-state index contributed by atoms with van der Waals surface area (Å²) in [6, 6.07) is 3.61. The van der Waals surface area contributed by atoms with Crippen molar-refractivity contribution in [2.24, 2.45) is 0 Å². The number of aryl methyl sites for hydroxylation is 2. The van der Waals surface area contributed by atoms with Gasteiger partial charge >= 0.3 is 0 Å². The van der Waals surface area contributed by atoms with Crippen LogP contribution in [0.1, 0.15) is 21.5 Å². The van der Waals surface area contributed by atoms with Crippen LogP contribution in [0.4, 0.5) is 0 Å². The minimum absolute atomic E-state index is 0.0688. The summed E-state index contributed by atoms with van der Waals surface area (Å²) in [5, 5.41) is 12.1. The third kappa shape index (κ3) is 1.64. The molecule has 0 atom stereocenters. The summed E-state index contributed by atoms with van der Waals surface area (Å²) in [5.74, 6) is -0.182. The number of carbonyl (C=O) groups is 1. The highest BCUT2D eigenvalue weighted by Crippen LogP contribution is 2.24. The molecule has 13 heavy (non-hydrogen) atoms. The van der Waals surface area contributed by atoms with Gasteiger partial charge in [0.2, 0.25) is 0 Å². The van der Waals surface area contributed by atoms with E-state index in [0.717, 1.165) is 5.56 Å². The van der Waals surface area contributed by atoms with Gasteiger partial charge in [-0.2, -0.15) is 0 Å². The second-order valence-corrected chi connectivity index (χ2v) is 3.00. The lowest BCUT2D eigenvalue weighted by Gasteiger charge is -2.08. The Morgan fingerprint density at radius 1 is 1.31 bits per heavy atom. The molecule has 1 rings (SSSR count). The summed E-state index contributed by atoms with van der Waals surface area (Å²) in [5.41, 5.74) is 1.86. The maximum absolute atomic E-state index is 11.3. The van der Waals surface area contributed by atoms with Crippen molar-refractivity contribution in [1.29, 1.82) is 0 Å². The Morgan fingerprint density at radius 3 is 2.38 bits per heavy atom. The molecular weight excluding hydrogens is 166 g/mol. The molecule has 0 aliphatic carbocycles. The van der Waals surface area contributed by atoms with Crippen LogP contribution in [0.15, 0.2) is 12.1 Å². The van der Waals surface area contributed by atoms with E-state index in [1.807, 2.05) is 6.07 Å². The molecule has 0 spiro atoms. The van der Waals surface area contributed by atoms with Gasteiger partial charge in [-0.1, -0.05) is 12.1 Å². The molecule has 1 aromatic carbocycles. The normalized spacial score (nSPS) is 9.77. The zero-order chi connectivity index (χ0) is 10.0. The fraction of sp³-hybridized carbons (Fsp3) is 0.300. The Kier molecular flexibility index (Phi) is 2.56. The maximum Gasteiger partial charge on any atom is 0.255 e. The predicted octanol–water partition coefficient (Wildman–Crippen LogP) is 1.37. The molecular formula is C10H13NO2. The van der Waals surface area contributed by atoms with Crippen molar-refractivity contribution in [2.45, 2.75) is 13.8 Å². The fourth-order valence-corrected chi connectivity index (χ4v) is 1.21. The molecule has 1 aromatic rings. The largest absolute Gasteiger partial charge is 0.507 e. The van der Waals surface area contributed by atoms with Gasteiger partial charge < -0.3 is 10.4 Å². The Balaban J connectivity index is 3.33. The van der Waals surface area contributed by atoms with Crippen molar-refractivity contribution in [1.82, 2.24) is 5.32 Å². The molecule has 0 heterocycles. The molecule has 0 radical (unpaired) electrons. The number of nitrogens with one attached hydrogen (secondary N) is 1. The summed E-state index contributed by atoms with van der Waals surface area (Å²) in [7, 11) is 1.55. The highest BCUT2D eigenvalue weighted by atomic mass is 16.3. The van der Waals surface area contributed by atoms with Crippen molar-refractivity contribution < 1.29 is 9.90 Å². The molecule has 0 aliphatic rings. The van der Waals surface area contributed by atoms with E-state index in [9.17, 15) is 9.90 Å². The van der Waals surface area contributed by atoms with E-state index in [2.05, 4.69) is 5.32 Å². The lowest BCUT2D eigenvalue weighted by Crippen LogP contribution is -2.19. The smallest absolute Gasteiger partial charge is 0.255 e. The third-order valence-electron chi connectivity index (χ3n) is 2.04. The lowest BCUT2D eigenvalue weighted by molar-refractivity contribution is 0.0959. The number of phenolic OH excluding ortho intramolecular Hbond substituents is 1. The number of hydrogen-bond donors (Lipinski definition) is 2. The standard InChI is InChI=1S/C10H13NO2/c1-6-4-5-7(2)9(12)8(6)10(13)11-3/h4-5,12H,1-3H3,(H,11,13). The van der Waals surface area contributed by atoms with Gasteiger partial charge in [0.05, 0.1) is 5.56 Å². The first-order valence-corrected chi connectivity index (χ1v) is 4.09. The Morgan fingerprint density at radius 2 is 1.85 bits per heavy atom. The first kappa shape index (κ1) is 9.58. The Hall–Kier alpha value is -1.51. The predicted molar refractivity (Wildman–Crippen MR) is 51.0 cm³/mol. The van der Waals surface area contributed by atoms with Crippen molar-refractivity contribution in [2.75, 3.05) is 7.05 Å². The second kappa shape index (κ2) is 3.47. The van der Waals surface area contributed by atoms with Gasteiger partial charge in [-0.25, -0.2) is 0 Å². The van der Waals surface area contributed by atoms with Gasteiger partial charge in [0, 0.05) is 7.05 Å². The van der Waals surface area contributed by atoms with Crippen molar-refractivity contribution in [3.63, 3.8) is 0 Å². The van der Waals surface area contributed by atoms with Gasteiger partial charge in [-0.15, -0.1) is 0 Å². The van der Waals surface area contributed by atoms with Crippen LogP contribution < -0.4 is 5.32 Å². The van der Waals surface area contributed by atoms with Gasteiger partial charge in [0.25, 0.3) is 5.91 Å². The molecule has 0 fully saturated rings. The van der Waals surface area contributed by atoms with Gasteiger partial charge in [-0.05, 0) is 25.0 Å². The molecule has 0 aliphatic heterocycles. The monoisotopic (exact) mass is 179 g/mol. The van der Waals surface area contributed by atoms with Gasteiger partial charge in [-0.3, -0.25) is 4.79 Å². The summed E-state index contributed by atoms with van der Waals surface area (Å²) < 4.78 is 0. The first-order valence-electron chi connectivity index (χ1n) is 4.09. The van der Waals surface area contributed by atoms with E-state index in [4.69, 9.17) is 0 Å². The molecule has 0 unspecified atom stereocenters. The topological polar surface area (TPSA) is 49.3 Å². The molecule has 0 saturated carbocycles. The van der Waals surface area contributed by atoms with E-state index in [-0.39, 0.29) is 11.7 Å². The van der Waals surface area contributed by atoms with Crippen LogP contribution in [0.3, 0.4) is 0 Å². The minimum atomic E-state index is -0.251. The highest BCUT2D eigenvalue weighted by molar-refractivity contribution is 5.98. The Bertz CT molecular complexity index is 345. The third-order valence-corrected chi connectivity index (χ3v) is 2.04. The van der Waals surface area contributed by atoms with Crippen molar-refractivity contribution >= 4 is 5.91 Å². The number of benzene rings is 1. The van der Waals surface area contributed by atoms with E-state index >= 15 is 0 Å². The van der Waals surface area contributed by atoms with Crippen LogP contribution >= 0.6 is 0 Å².